The number of rotatable bonds is 1. The van der Waals surface area contributed by atoms with Crippen LogP contribution in [0, 0.1) is 5.41 Å². The Morgan fingerprint density at radius 3 is 3.00 bits per heavy atom. The van der Waals surface area contributed by atoms with Crippen LogP contribution in [0.3, 0.4) is 0 Å². The Morgan fingerprint density at radius 1 is 1.36 bits per heavy atom. The average Bonchev–Trinajstić information content (AvgIpc) is 3.04. The van der Waals surface area contributed by atoms with E-state index >= 15 is 0 Å². The van der Waals surface area contributed by atoms with E-state index in [2.05, 4.69) is 20.1 Å². The zero-order valence-electron chi connectivity index (χ0n) is 12.9. The number of hydrogen-bond donors (Lipinski definition) is 1. The Kier molecular flexibility index (Phi) is 2.65. The highest BCUT2D eigenvalue weighted by Crippen LogP contribution is 2.41. The predicted octanol–water partition coefficient (Wildman–Crippen LogP) is -0.803. The van der Waals surface area contributed by atoms with Crippen molar-refractivity contribution in [3.8, 4) is 0 Å². The number of amides is 1. The summed E-state index contributed by atoms with van der Waals surface area (Å²) >= 11 is 0. The number of fused-ring (bicyclic) bond motifs is 5. The average molecular weight is 336 g/mol. The molecule has 0 radical (unpaired) electrons. The number of aliphatic imine (C=N–C) groups is 2. The van der Waals surface area contributed by atoms with E-state index in [1.807, 2.05) is 35.7 Å². The van der Waals surface area contributed by atoms with Gasteiger partial charge in [-0.15, -0.1) is 0 Å². The van der Waals surface area contributed by atoms with Crippen LogP contribution in [0.5, 0.6) is 0 Å². The normalized spacial score (nSPS) is 24.2. The molecule has 0 saturated carbocycles. The second-order valence-electron chi connectivity index (χ2n) is 5.93. The van der Waals surface area contributed by atoms with Crippen molar-refractivity contribution in [2.45, 2.75) is 6.04 Å². The second kappa shape index (κ2) is 4.76. The van der Waals surface area contributed by atoms with E-state index in [4.69, 9.17) is 15.0 Å². The first-order valence-corrected chi connectivity index (χ1v) is 7.60. The van der Waals surface area contributed by atoms with Crippen LogP contribution >= 0.6 is 0 Å². The lowest BCUT2D eigenvalue weighted by atomic mass is 9.79. The molecule has 1 aromatic rings. The van der Waals surface area contributed by atoms with Gasteiger partial charge in [0.25, 0.3) is 5.91 Å². The molecule has 1 spiro atoms. The number of aromatic nitrogens is 1. The van der Waals surface area contributed by atoms with Crippen molar-refractivity contribution >= 4 is 24.4 Å². The molecule has 2 N–H and O–H groups in total. The minimum Gasteiger partial charge on any atom is -0.469 e. The van der Waals surface area contributed by atoms with Gasteiger partial charge in [-0.2, -0.15) is 0 Å². The van der Waals surface area contributed by atoms with Gasteiger partial charge in [-0.3, -0.25) is 14.8 Å². The fourth-order valence-electron chi connectivity index (χ4n) is 3.35. The van der Waals surface area contributed by atoms with Gasteiger partial charge in [0, 0.05) is 18.6 Å². The van der Waals surface area contributed by atoms with Crippen LogP contribution in [-0.2, 0) is 4.74 Å². The van der Waals surface area contributed by atoms with Gasteiger partial charge in [0.2, 0.25) is 0 Å². The molecule has 9 heteroatoms. The zero-order chi connectivity index (χ0) is 17.0. The number of nitrogens with zero attached hydrogens (tertiary/aromatic N) is 5. The molecule has 1 unspecified atom stereocenters. The number of allylic oxidation sites excluding steroid dienone is 1. The highest BCUT2D eigenvalue weighted by Gasteiger charge is 2.43. The minimum atomic E-state index is -0.681. The van der Waals surface area contributed by atoms with Gasteiger partial charge in [-0.05, 0) is 12.2 Å². The third-order valence-corrected chi connectivity index (χ3v) is 4.44. The molecule has 4 aliphatic rings. The molecule has 0 fully saturated rings. The largest absolute Gasteiger partial charge is 0.469 e. The van der Waals surface area contributed by atoms with E-state index in [1.54, 1.807) is 12.5 Å². The standard InChI is InChI=1S/C16H12N6O3/c17-15(23)14-13-11(25-21-14)3-10-9(20-13)4-16(6-18-8-19-7-16)12-5-24-2-1-22(10)12/h1-7,10H,8H2,(H2,17,23). The Bertz CT molecular complexity index is 1050. The Hall–Kier alpha value is -3.49. The van der Waals surface area contributed by atoms with Crippen LogP contribution in [0.15, 0.2) is 55.7 Å². The number of primary amides is 1. The van der Waals surface area contributed by atoms with E-state index < -0.39 is 11.3 Å². The molecular formula is C16H12N6O3. The van der Waals surface area contributed by atoms with Crippen LogP contribution < -0.4 is 16.5 Å². The maximum atomic E-state index is 11.5. The molecular weight excluding hydrogens is 324 g/mol. The summed E-state index contributed by atoms with van der Waals surface area (Å²) in [5, 5.41) is 4.08. The van der Waals surface area contributed by atoms with Crippen LogP contribution in [0.2, 0.25) is 0 Å². The van der Waals surface area contributed by atoms with Gasteiger partial charge >= 0.3 is 0 Å². The summed E-state index contributed by atoms with van der Waals surface area (Å²) in [5.74, 6) is -0.681. The SMILES string of the molecule is NC(=O)c1noc2c1=NC1=CC3(C=NCN=C3)C3=COC=CN3C1C=2. The molecule has 124 valence electrons. The van der Waals surface area contributed by atoms with Crippen LogP contribution in [0.1, 0.15) is 10.5 Å². The van der Waals surface area contributed by atoms with Gasteiger partial charge in [0.1, 0.15) is 30.0 Å². The summed E-state index contributed by atoms with van der Waals surface area (Å²) in [7, 11) is 0. The van der Waals surface area contributed by atoms with Crippen molar-refractivity contribution < 1.29 is 14.1 Å². The highest BCUT2D eigenvalue weighted by atomic mass is 16.5. The van der Waals surface area contributed by atoms with Crippen molar-refractivity contribution in [2.75, 3.05) is 6.67 Å². The third kappa shape index (κ3) is 1.86. The van der Waals surface area contributed by atoms with Crippen molar-refractivity contribution in [2.24, 2.45) is 26.1 Å². The van der Waals surface area contributed by atoms with Crippen molar-refractivity contribution in [3.05, 3.63) is 52.7 Å². The summed E-state index contributed by atoms with van der Waals surface area (Å²) in [6.07, 6.45) is 12.5. The lowest BCUT2D eigenvalue weighted by molar-refractivity contribution is 0.0990. The van der Waals surface area contributed by atoms with E-state index in [9.17, 15) is 4.79 Å². The topological polar surface area (TPSA) is 119 Å². The number of ether oxygens (including phenoxy) is 1. The quantitative estimate of drug-likeness (QED) is 0.720. The number of carbonyl (C=O) groups is 1. The van der Waals surface area contributed by atoms with E-state index in [1.165, 1.54) is 0 Å². The molecule has 1 atom stereocenters. The first-order chi connectivity index (χ1) is 12.2. The molecule has 4 aliphatic heterocycles. The van der Waals surface area contributed by atoms with Crippen molar-refractivity contribution in [1.29, 1.82) is 0 Å². The molecule has 0 aliphatic carbocycles. The maximum Gasteiger partial charge on any atom is 0.273 e. The molecule has 9 nitrogen and oxygen atoms in total. The summed E-state index contributed by atoms with van der Waals surface area (Å²) in [6, 6.07) is -0.220. The maximum absolute atomic E-state index is 11.5. The summed E-state index contributed by atoms with van der Waals surface area (Å²) in [5.41, 5.74) is 6.71. The lowest BCUT2D eigenvalue weighted by Crippen LogP contribution is -2.48. The number of hydrogen-bond acceptors (Lipinski definition) is 8. The predicted molar refractivity (Wildman–Crippen MR) is 86.6 cm³/mol. The molecule has 0 bridgehead atoms. The highest BCUT2D eigenvalue weighted by molar-refractivity contribution is 5.98. The molecule has 5 heterocycles. The van der Waals surface area contributed by atoms with Crippen LogP contribution in [0.4, 0.5) is 0 Å². The fraction of sp³-hybridized carbons (Fsp3) is 0.188. The van der Waals surface area contributed by atoms with Gasteiger partial charge in [0.15, 0.2) is 11.1 Å². The Morgan fingerprint density at radius 2 is 2.20 bits per heavy atom. The second-order valence-corrected chi connectivity index (χ2v) is 5.93. The van der Waals surface area contributed by atoms with Gasteiger partial charge < -0.3 is 19.9 Å². The molecule has 0 saturated heterocycles. The molecule has 25 heavy (non-hydrogen) atoms. The van der Waals surface area contributed by atoms with Crippen LogP contribution in [0.25, 0.3) is 6.08 Å². The molecule has 1 amide bonds. The summed E-state index contributed by atoms with van der Waals surface area (Å²) in [4.78, 5) is 26.7. The van der Waals surface area contributed by atoms with Gasteiger partial charge in [0.05, 0.1) is 17.4 Å². The smallest absolute Gasteiger partial charge is 0.273 e. The minimum absolute atomic E-state index is 0.0180. The van der Waals surface area contributed by atoms with Crippen molar-refractivity contribution in [1.82, 2.24) is 10.1 Å². The molecule has 1 aromatic heterocycles. The number of carbonyl (C=O) groups excluding carboxylic acids is 1. The van der Waals surface area contributed by atoms with E-state index in [-0.39, 0.29) is 11.7 Å². The Labute approximate surface area is 140 Å². The third-order valence-electron chi connectivity index (χ3n) is 4.44. The van der Waals surface area contributed by atoms with Crippen LogP contribution in [-0.4, -0.2) is 41.1 Å². The van der Waals surface area contributed by atoms with E-state index in [0.717, 1.165) is 11.4 Å². The molecule has 5 rings (SSSR count). The first-order valence-electron chi connectivity index (χ1n) is 7.60. The molecule has 0 aromatic carbocycles. The summed E-state index contributed by atoms with van der Waals surface area (Å²) in [6.45, 7) is 0.392. The van der Waals surface area contributed by atoms with Gasteiger partial charge in [-0.1, -0.05) is 5.16 Å². The monoisotopic (exact) mass is 336 g/mol. The lowest BCUT2D eigenvalue weighted by Gasteiger charge is -2.43. The zero-order valence-corrected chi connectivity index (χ0v) is 12.9. The fourth-order valence-corrected chi connectivity index (χ4v) is 3.35. The summed E-state index contributed by atoms with van der Waals surface area (Å²) < 4.78 is 10.6. The van der Waals surface area contributed by atoms with E-state index in [0.29, 0.717) is 17.4 Å². The van der Waals surface area contributed by atoms with Gasteiger partial charge in [-0.25, -0.2) is 4.99 Å². The number of nitrogens with two attached hydrogens (primary N) is 1. The van der Waals surface area contributed by atoms with Crippen molar-refractivity contribution in [3.63, 3.8) is 0 Å². The Balaban J connectivity index is 1.78. The first kappa shape index (κ1) is 13.9.